The van der Waals surface area contributed by atoms with E-state index in [1.807, 2.05) is 12.2 Å². The molecule has 5 heteroatoms. The molecule has 0 saturated carbocycles. The molecule has 1 aliphatic rings. The van der Waals surface area contributed by atoms with E-state index in [1.165, 1.54) is 0 Å². The molecule has 0 amide bonds. The van der Waals surface area contributed by atoms with Gasteiger partial charge >= 0.3 is 5.97 Å². The predicted molar refractivity (Wildman–Crippen MR) is 75.9 cm³/mol. The Hall–Kier alpha value is -0.320. The Morgan fingerprint density at radius 2 is 2.39 bits per heavy atom. The number of halogens is 2. The van der Waals surface area contributed by atoms with Gasteiger partial charge in [-0.2, -0.15) is 0 Å². The number of hydrogen-bond acceptors (Lipinski definition) is 3. The quantitative estimate of drug-likeness (QED) is 0.423. The van der Waals surface area contributed by atoms with E-state index in [0.717, 1.165) is 12.8 Å². The van der Waals surface area contributed by atoms with Crippen LogP contribution >= 0.6 is 27.5 Å². The summed E-state index contributed by atoms with van der Waals surface area (Å²) in [6, 6.07) is 0. The van der Waals surface area contributed by atoms with Crippen molar-refractivity contribution in [1.82, 2.24) is 0 Å². The minimum Gasteiger partial charge on any atom is -0.464 e. The molecule has 18 heavy (non-hydrogen) atoms. The van der Waals surface area contributed by atoms with Crippen molar-refractivity contribution in [2.24, 2.45) is 5.92 Å². The molecule has 0 spiro atoms. The minimum atomic E-state index is -0.633. The lowest BCUT2D eigenvalue weighted by Crippen LogP contribution is -2.39. The van der Waals surface area contributed by atoms with Crippen LogP contribution in [0.2, 0.25) is 0 Å². The third kappa shape index (κ3) is 4.75. The molecule has 0 aliphatic heterocycles. The minimum absolute atomic E-state index is 0.0532. The maximum Gasteiger partial charge on any atom is 0.335 e. The van der Waals surface area contributed by atoms with Gasteiger partial charge in [-0.3, -0.25) is 0 Å². The summed E-state index contributed by atoms with van der Waals surface area (Å²) in [4.78, 5) is 11.9. The summed E-state index contributed by atoms with van der Waals surface area (Å²) >= 11 is 9.44. The molecule has 0 N–H and O–H groups in total. The molecule has 0 radical (unpaired) electrons. The second kappa shape index (κ2) is 7.97. The van der Waals surface area contributed by atoms with E-state index in [4.69, 9.17) is 21.1 Å². The van der Waals surface area contributed by atoms with E-state index in [0.29, 0.717) is 11.1 Å². The summed E-state index contributed by atoms with van der Waals surface area (Å²) in [5.41, 5.74) is 0. The highest BCUT2D eigenvalue weighted by Crippen LogP contribution is 2.29. The van der Waals surface area contributed by atoms with Gasteiger partial charge in [-0.15, -0.1) is 11.6 Å². The lowest BCUT2D eigenvalue weighted by molar-refractivity contribution is -0.159. The average Bonchev–Trinajstić information content (AvgIpc) is 2.31. The lowest BCUT2D eigenvalue weighted by atomic mass is 9.88. The fourth-order valence-corrected chi connectivity index (χ4v) is 2.40. The fourth-order valence-electron chi connectivity index (χ4n) is 1.91. The smallest absolute Gasteiger partial charge is 0.335 e. The lowest BCUT2D eigenvalue weighted by Gasteiger charge is -2.29. The van der Waals surface area contributed by atoms with E-state index in [9.17, 15) is 4.79 Å². The van der Waals surface area contributed by atoms with Crippen LogP contribution in [0.1, 0.15) is 19.8 Å². The van der Waals surface area contributed by atoms with E-state index >= 15 is 0 Å². The zero-order valence-electron chi connectivity index (χ0n) is 10.4. The Kier molecular flexibility index (Phi) is 6.97. The number of rotatable bonds is 6. The average molecular weight is 338 g/mol. The van der Waals surface area contributed by atoms with Gasteiger partial charge in [0.05, 0.1) is 18.6 Å². The maximum atomic E-state index is 11.9. The van der Waals surface area contributed by atoms with Gasteiger partial charge in [-0.1, -0.05) is 34.7 Å². The van der Waals surface area contributed by atoms with E-state index < -0.39 is 6.10 Å². The second-order valence-corrected chi connectivity index (χ2v) is 5.74. The molecular formula is C13H18BrClO3. The predicted octanol–water partition coefficient (Wildman–Crippen LogP) is 3.42. The van der Waals surface area contributed by atoms with Gasteiger partial charge in [-0.05, 0) is 19.8 Å². The highest BCUT2D eigenvalue weighted by Gasteiger charge is 2.35. The van der Waals surface area contributed by atoms with E-state index in [1.54, 1.807) is 6.92 Å². The summed E-state index contributed by atoms with van der Waals surface area (Å²) in [7, 11) is 0. The van der Waals surface area contributed by atoms with Gasteiger partial charge in [0.25, 0.3) is 0 Å². The third-order valence-corrected chi connectivity index (χ3v) is 3.42. The molecule has 1 aliphatic carbocycles. The summed E-state index contributed by atoms with van der Waals surface area (Å²) in [6.07, 6.45) is 5.03. The second-order valence-electron chi connectivity index (χ2n) is 4.11. The largest absolute Gasteiger partial charge is 0.464 e. The Bertz CT molecular complexity index is 330. The van der Waals surface area contributed by atoms with Gasteiger partial charge in [0, 0.05) is 10.4 Å². The van der Waals surface area contributed by atoms with Crippen LogP contribution in [0.3, 0.4) is 0 Å². The molecular weight excluding hydrogens is 319 g/mol. The highest BCUT2D eigenvalue weighted by atomic mass is 79.9. The van der Waals surface area contributed by atoms with Crippen LogP contribution in [-0.4, -0.2) is 30.7 Å². The molecule has 0 bridgehead atoms. The highest BCUT2D eigenvalue weighted by molar-refractivity contribution is 9.11. The maximum absolute atomic E-state index is 11.9. The number of alkyl halides is 1. The summed E-state index contributed by atoms with van der Waals surface area (Å²) in [6.45, 7) is 6.07. The summed E-state index contributed by atoms with van der Waals surface area (Å²) in [5, 5.41) is -0.197. The zero-order valence-corrected chi connectivity index (χ0v) is 12.7. The van der Waals surface area contributed by atoms with Crippen molar-refractivity contribution in [3.63, 3.8) is 0 Å². The number of hydrogen-bond donors (Lipinski definition) is 0. The molecule has 1 rings (SSSR count). The third-order valence-electron chi connectivity index (χ3n) is 2.72. The van der Waals surface area contributed by atoms with Crippen LogP contribution in [0.25, 0.3) is 0 Å². The zero-order chi connectivity index (χ0) is 13.5. The normalized spacial score (nSPS) is 24.6. The van der Waals surface area contributed by atoms with Crippen molar-refractivity contribution in [1.29, 1.82) is 0 Å². The molecule has 0 heterocycles. The van der Waals surface area contributed by atoms with Gasteiger partial charge in [0.2, 0.25) is 0 Å². The fraction of sp³-hybridized carbons (Fsp3) is 0.615. The molecule has 0 aromatic heterocycles. The first-order valence-electron chi connectivity index (χ1n) is 5.98. The van der Waals surface area contributed by atoms with E-state index in [2.05, 4.69) is 22.5 Å². The number of carbonyl (C=O) groups is 1. The molecule has 102 valence electrons. The summed E-state index contributed by atoms with van der Waals surface area (Å²) < 4.78 is 11.3. The standard InChI is InChI=1S/C13H18BrClO3/c1-3-17-13(16)12(18-8-9(2)14)10-6-4-5-7-11(10)15/h5,7,10-12H,2-4,6,8H2,1H3/t10-,11-,12?/m1/s1. The number of ether oxygens (including phenoxy) is 2. The van der Waals surface area contributed by atoms with Crippen LogP contribution in [0.5, 0.6) is 0 Å². The number of allylic oxidation sites excluding steroid dienone is 2. The van der Waals surface area contributed by atoms with Gasteiger partial charge in [0.15, 0.2) is 6.10 Å². The van der Waals surface area contributed by atoms with Crippen LogP contribution in [0, 0.1) is 5.92 Å². The van der Waals surface area contributed by atoms with Crippen molar-refractivity contribution in [2.75, 3.05) is 13.2 Å². The monoisotopic (exact) mass is 336 g/mol. The Morgan fingerprint density at radius 1 is 1.67 bits per heavy atom. The van der Waals surface area contributed by atoms with Crippen molar-refractivity contribution in [3.8, 4) is 0 Å². The number of esters is 1. The molecule has 0 fully saturated rings. The van der Waals surface area contributed by atoms with Crippen LogP contribution < -0.4 is 0 Å². The van der Waals surface area contributed by atoms with E-state index in [-0.39, 0.29) is 23.9 Å². The van der Waals surface area contributed by atoms with Crippen molar-refractivity contribution >= 4 is 33.5 Å². The molecule has 0 aromatic rings. The SMILES string of the molecule is C=C(Br)COC(C(=O)OCC)[C@@H]1CCC=C[C@H]1Cl. The van der Waals surface area contributed by atoms with Gasteiger partial charge in [0.1, 0.15) is 0 Å². The van der Waals surface area contributed by atoms with Gasteiger partial charge in [-0.25, -0.2) is 4.79 Å². The Morgan fingerprint density at radius 3 is 2.94 bits per heavy atom. The molecule has 0 saturated heterocycles. The Labute approximate surface area is 121 Å². The molecule has 3 nitrogen and oxygen atoms in total. The van der Waals surface area contributed by atoms with Crippen LogP contribution in [0.4, 0.5) is 0 Å². The topological polar surface area (TPSA) is 35.5 Å². The molecule has 1 unspecified atom stereocenters. The Balaban J connectivity index is 2.71. The molecule has 0 aromatic carbocycles. The summed E-state index contributed by atoms with van der Waals surface area (Å²) in [5.74, 6) is -0.403. The van der Waals surface area contributed by atoms with Gasteiger partial charge < -0.3 is 9.47 Å². The molecule has 3 atom stereocenters. The first-order chi connectivity index (χ1) is 8.56. The van der Waals surface area contributed by atoms with Crippen molar-refractivity contribution in [2.45, 2.75) is 31.2 Å². The van der Waals surface area contributed by atoms with Crippen molar-refractivity contribution < 1.29 is 14.3 Å². The first-order valence-corrected chi connectivity index (χ1v) is 7.21. The van der Waals surface area contributed by atoms with Crippen LogP contribution in [0.15, 0.2) is 23.2 Å². The van der Waals surface area contributed by atoms with Crippen molar-refractivity contribution in [3.05, 3.63) is 23.2 Å². The number of carbonyl (C=O) groups excluding carboxylic acids is 1. The van der Waals surface area contributed by atoms with Crippen LogP contribution in [-0.2, 0) is 14.3 Å². The first kappa shape index (κ1) is 15.7.